The standard InChI is InChI=1S/C28H32N6O2/c1-16-9-10-17(23(13-16)36-5)15-30-25-26(34-28(2,3)4)33-24-18(7-6-8-21(24)32-25)22-14-19-20(31-22)11-12-29-27(19)35/h6-10,13-14,31H,11-12,15H2,1-5H3,(H,29,35)(H,30,32)(H,33,34). The number of rotatable bonds is 6. The van der Waals surface area contributed by atoms with E-state index < -0.39 is 0 Å². The second-order valence-electron chi connectivity index (χ2n) is 10.2. The first kappa shape index (κ1) is 23.7. The van der Waals surface area contributed by atoms with Crippen LogP contribution < -0.4 is 20.7 Å². The molecule has 0 radical (unpaired) electrons. The Balaban J connectivity index is 1.56. The van der Waals surface area contributed by atoms with Crippen LogP contribution in [0, 0.1) is 6.92 Å². The smallest absolute Gasteiger partial charge is 0.253 e. The minimum Gasteiger partial charge on any atom is -0.496 e. The lowest BCUT2D eigenvalue weighted by atomic mass is 10.1. The minimum atomic E-state index is -0.223. The third-order valence-corrected chi connectivity index (χ3v) is 6.17. The van der Waals surface area contributed by atoms with Crippen LogP contribution in [0.25, 0.3) is 22.3 Å². The first-order chi connectivity index (χ1) is 17.2. The van der Waals surface area contributed by atoms with Gasteiger partial charge in [-0.1, -0.05) is 24.3 Å². The number of H-pyrrole nitrogens is 1. The van der Waals surface area contributed by atoms with E-state index in [-0.39, 0.29) is 11.4 Å². The van der Waals surface area contributed by atoms with Crippen LogP contribution in [-0.2, 0) is 13.0 Å². The van der Waals surface area contributed by atoms with E-state index in [1.54, 1.807) is 7.11 Å². The van der Waals surface area contributed by atoms with Crippen LogP contribution in [0.1, 0.15) is 48.0 Å². The Hall–Kier alpha value is -4.07. The summed E-state index contributed by atoms with van der Waals surface area (Å²) in [5, 5.41) is 9.88. The van der Waals surface area contributed by atoms with Gasteiger partial charge >= 0.3 is 0 Å². The number of carbonyl (C=O) groups excluding carboxylic acids is 1. The molecule has 0 spiro atoms. The van der Waals surface area contributed by atoms with Crippen LogP contribution in [0.5, 0.6) is 5.75 Å². The molecule has 3 heterocycles. The number of aromatic nitrogens is 3. The molecule has 186 valence electrons. The predicted molar refractivity (Wildman–Crippen MR) is 144 cm³/mol. The fourth-order valence-electron chi connectivity index (χ4n) is 4.48. The Morgan fingerprint density at radius 1 is 1.06 bits per heavy atom. The van der Waals surface area contributed by atoms with Crippen LogP contribution in [0.3, 0.4) is 0 Å². The van der Waals surface area contributed by atoms with Crippen molar-refractivity contribution in [2.45, 2.75) is 46.2 Å². The topological polar surface area (TPSA) is 104 Å². The molecule has 1 aliphatic rings. The molecule has 5 rings (SSSR count). The zero-order valence-electron chi connectivity index (χ0n) is 21.4. The maximum atomic E-state index is 12.3. The molecule has 0 saturated carbocycles. The number of aromatic amines is 1. The summed E-state index contributed by atoms with van der Waals surface area (Å²) < 4.78 is 5.58. The number of ether oxygens (including phenoxy) is 1. The number of carbonyl (C=O) groups is 1. The third kappa shape index (κ3) is 4.71. The number of methoxy groups -OCH3 is 1. The van der Waals surface area contributed by atoms with Gasteiger partial charge in [0, 0.05) is 47.6 Å². The third-order valence-electron chi connectivity index (χ3n) is 6.17. The van der Waals surface area contributed by atoms with E-state index in [2.05, 4.69) is 53.8 Å². The molecule has 1 amide bonds. The molecule has 0 fully saturated rings. The van der Waals surface area contributed by atoms with E-state index in [1.807, 2.05) is 37.3 Å². The number of nitrogens with zero attached hydrogens (tertiary/aromatic N) is 2. The fraction of sp³-hybridized carbons (Fsp3) is 0.321. The first-order valence-electron chi connectivity index (χ1n) is 12.2. The van der Waals surface area contributed by atoms with Crippen molar-refractivity contribution in [3.05, 3.63) is 64.8 Å². The number of fused-ring (bicyclic) bond motifs is 2. The average molecular weight is 485 g/mol. The van der Waals surface area contributed by atoms with E-state index in [1.165, 1.54) is 0 Å². The van der Waals surface area contributed by atoms with Gasteiger partial charge in [-0.25, -0.2) is 9.97 Å². The van der Waals surface area contributed by atoms with Gasteiger partial charge in [0.1, 0.15) is 11.3 Å². The Morgan fingerprint density at radius 2 is 1.89 bits per heavy atom. The van der Waals surface area contributed by atoms with E-state index in [9.17, 15) is 4.79 Å². The van der Waals surface area contributed by atoms with Gasteiger partial charge in [-0.3, -0.25) is 4.79 Å². The highest BCUT2D eigenvalue weighted by atomic mass is 16.5. The van der Waals surface area contributed by atoms with Crippen molar-refractivity contribution in [2.24, 2.45) is 0 Å². The van der Waals surface area contributed by atoms with Crippen LogP contribution >= 0.6 is 0 Å². The van der Waals surface area contributed by atoms with Gasteiger partial charge < -0.3 is 25.7 Å². The average Bonchev–Trinajstić information content (AvgIpc) is 3.27. The highest BCUT2D eigenvalue weighted by Crippen LogP contribution is 2.33. The van der Waals surface area contributed by atoms with Crippen molar-refractivity contribution in [2.75, 3.05) is 24.3 Å². The van der Waals surface area contributed by atoms with Gasteiger partial charge in [-0.15, -0.1) is 0 Å². The maximum absolute atomic E-state index is 12.3. The number of amides is 1. The fourth-order valence-corrected chi connectivity index (χ4v) is 4.48. The predicted octanol–water partition coefficient (Wildman–Crippen LogP) is 5.05. The summed E-state index contributed by atoms with van der Waals surface area (Å²) in [6, 6.07) is 14.0. The van der Waals surface area contributed by atoms with Gasteiger partial charge in [0.2, 0.25) is 0 Å². The second-order valence-corrected chi connectivity index (χ2v) is 10.2. The van der Waals surface area contributed by atoms with Crippen molar-refractivity contribution in [3.63, 3.8) is 0 Å². The van der Waals surface area contributed by atoms with Gasteiger partial charge in [0.15, 0.2) is 11.6 Å². The van der Waals surface area contributed by atoms with Gasteiger partial charge in [0.05, 0.1) is 18.2 Å². The van der Waals surface area contributed by atoms with Crippen LogP contribution in [0.15, 0.2) is 42.5 Å². The molecule has 0 atom stereocenters. The molecular formula is C28H32N6O2. The van der Waals surface area contributed by atoms with Crippen LogP contribution in [0.2, 0.25) is 0 Å². The van der Waals surface area contributed by atoms with Crippen LogP contribution in [-0.4, -0.2) is 40.1 Å². The quantitative estimate of drug-likeness (QED) is 0.305. The Bertz CT molecular complexity index is 1450. The number of aryl methyl sites for hydroxylation is 1. The summed E-state index contributed by atoms with van der Waals surface area (Å²) in [6.07, 6.45) is 0.783. The molecule has 2 aromatic heterocycles. The molecule has 2 aromatic carbocycles. The highest BCUT2D eigenvalue weighted by Gasteiger charge is 2.22. The Labute approximate surface area is 210 Å². The lowest BCUT2D eigenvalue weighted by Gasteiger charge is -2.24. The first-order valence-corrected chi connectivity index (χ1v) is 12.2. The van der Waals surface area contributed by atoms with Crippen molar-refractivity contribution >= 4 is 28.6 Å². The summed E-state index contributed by atoms with van der Waals surface area (Å²) in [6.45, 7) is 9.51. The number of para-hydroxylation sites is 1. The molecule has 4 aromatic rings. The lowest BCUT2D eigenvalue weighted by molar-refractivity contribution is 0.0946. The monoisotopic (exact) mass is 484 g/mol. The van der Waals surface area contributed by atoms with Crippen molar-refractivity contribution in [3.8, 4) is 17.0 Å². The Morgan fingerprint density at radius 3 is 2.64 bits per heavy atom. The molecule has 0 aliphatic carbocycles. The van der Waals surface area contributed by atoms with E-state index >= 15 is 0 Å². The molecule has 0 bridgehead atoms. The Kier molecular flexibility index (Phi) is 6.04. The zero-order valence-corrected chi connectivity index (χ0v) is 21.4. The van der Waals surface area contributed by atoms with Crippen LogP contribution in [0.4, 0.5) is 11.6 Å². The minimum absolute atomic E-state index is 0.0434. The van der Waals surface area contributed by atoms with Gasteiger partial charge in [-0.05, 0) is 51.5 Å². The number of anilines is 2. The summed E-state index contributed by atoms with van der Waals surface area (Å²) in [4.78, 5) is 25.8. The number of hydrogen-bond donors (Lipinski definition) is 4. The summed E-state index contributed by atoms with van der Waals surface area (Å²) in [5.41, 5.74) is 6.91. The van der Waals surface area contributed by atoms with Crippen molar-refractivity contribution < 1.29 is 9.53 Å². The zero-order chi connectivity index (χ0) is 25.4. The second kappa shape index (κ2) is 9.18. The van der Waals surface area contributed by atoms with Crippen molar-refractivity contribution in [1.29, 1.82) is 0 Å². The van der Waals surface area contributed by atoms with Crippen molar-refractivity contribution in [1.82, 2.24) is 20.3 Å². The number of nitrogens with one attached hydrogen (secondary N) is 4. The molecule has 0 saturated heterocycles. The number of benzene rings is 2. The molecule has 8 nitrogen and oxygen atoms in total. The van der Waals surface area contributed by atoms with E-state index in [0.29, 0.717) is 30.3 Å². The SMILES string of the molecule is COc1cc(C)ccc1CNc1nc2cccc(-c3cc4c([nH]3)CCNC4=O)c2nc1NC(C)(C)C. The summed E-state index contributed by atoms with van der Waals surface area (Å²) >= 11 is 0. The molecule has 0 unspecified atom stereocenters. The largest absolute Gasteiger partial charge is 0.496 e. The van der Waals surface area contributed by atoms with E-state index in [4.69, 9.17) is 14.7 Å². The molecule has 1 aliphatic heterocycles. The summed E-state index contributed by atoms with van der Waals surface area (Å²) in [5.74, 6) is 2.13. The highest BCUT2D eigenvalue weighted by molar-refractivity contribution is 6.00. The normalized spacial score (nSPS) is 13.3. The number of hydrogen-bond acceptors (Lipinski definition) is 6. The molecule has 4 N–H and O–H groups in total. The summed E-state index contributed by atoms with van der Waals surface area (Å²) in [7, 11) is 1.68. The van der Waals surface area contributed by atoms with Gasteiger partial charge in [-0.2, -0.15) is 0 Å². The maximum Gasteiger partial charge on any atom is 0.253 e. The molecular weight excluding hydrogens is 452 g/mol. The van der Waals surface area contributed by atoms with Gasteiger partial charge in [0.25, 0.3) is 5.91 Å². The molecule has 36 heavy (non-hydrogen) atoms. The molecule has 8 heteroatoms. The van der Waals surface area contributed by atoms with E-state index in [0.717, 1.165) is 51.3 Å². The lowest BCUT2D eigenvalue weighted by Crippen LogP contribution is -2.31.